The van der Waals surface area contributed by atoms with Crippen molar-refractivity contribution in [1.82, 2.24) is 4.98 Å². The second kappa shape index (κ2) is 8.29. The van der Waals surface area contributed by atoms with Gasteiger partial charge in [0.1, 0.15) is 11.3 Å². The fraction of sp³-hybridized carbons (Fsp3) is 0.300. The molecule has 1 N–H and O–H groups in total. The van der Waals surface area contributed by atoms with E-state index in [-0.39, 0.29) is 5.91 Å². The maximum atomic E-state index is 13.1. The molecule has 0 unspecified atom stereocenters. The highest BCUT2D eigenvalue weighted by Crippen LogP contribution is 2.34. The number of carbonyl (C=O) groups is 1. The summed E-state index contributed by atoms with van der Waals surface area (Å²) in [6, 6.07) is 15.2. The molecule has 1 aromatic heterocycles. The molecule has 3 rings (SSSR count). The zero-order valence-corrected chi connectivity index (χ0v) is 16.2. The van der Waals surface area contributed by atoms with Gasteiger partial charge in [-0.05, 0) is 24.3 Å². The van der Waals surface area contributed by atoms with Crippen molar-refractivity contribution in [2.24, 2.45) is 0 Å². The van der Waals surface area contributed by atoms with E-state index in [0.29, 0.717) is 17.2 Å². The molecule has 0 bridgehead atoms. The summed E-state index contributed by atoms with van der Waals surface area (Å²) in [5, 5.41) is 0.715. The Hall–Kier alpha value is -2.44. The van der Waals surface area contributed by atoms with E-state index >= 15 is 0 Å². The number of rotatable bonds is 7. The molecule has 0 aliphatic rings. The van der Waals surface area contributed by atoms with Gasteiger partial charge in [0.25, 0.3) is 5.91 Å². The molecule has 0 radical (unpaired) electrons. The molecule has 136 valence electrons. The third kappa shape index (κ3) is 4.03. The summed E-state index contributed by atoms with van der Waals surface area (Å²) in [6.45, 7) is 1.63. The molecule has 0 saturated heterocycles. The number of amides is 1. The van der Waals surface area contributed by atoms with Gasteiger partial charge in [-0.25, -0.2) is 4.98 Å². The van der Waals surface area contributed by atoms with Crippen LogP contribution in [-0.4, -0.2) is 45.2 Å². The van der Waals surface area contributed by atoms with Crippen LogP contribution < -0.4 is 14.5 Å². The Kier molecular flexibility index (Phi) is 5.85. The van der Waals surface area contributed by atoms with E-state index in [1.54, 1.807) is 12.0 Å². The minimum Gasteiger partial charge on any atom is -0.494 e. The first-order chi connectivity index (χ1) is 12.6. The van der Waals surface area contributed by atoms with Crippen LogP contribution in [0.1, 0.15) is 16.8 Å². The number of para-hydroxylation sites is 1. The number of benzene rings is 2. The van der Waals surface area contributed by atoms with E-state index in [1.165, 1.54) is 16.2 Å². The summed E-state index contributed by atoms with van der Waals surface area (Å²) in [5.74, 6) is 0.715. The lowest BCUT2D eigenvalue weighted by Gasteiger charge is -2.20. The number of hydrogen-bond donors (Lipinski definition) is 1. The first-order valence-electron chi connectivity index (χ1n) is 8.69. The van der Waals surface area contributed by atoms with Crippen LogP contribution in [0.2, 0.25) is 0 Å². The van der Waals surface area contributed by atoms with E-state index in [4.69, 9.17) is 9.72 Å². The van der Waals surface area contributed by atoms with Crippen molar-refractivity contribution in [3.05, 3.63) is 54.1 Å². The van der Waals surface area contributed by atoms with Crippen molar-refractivity contribution in [2.75, 3.05) is 39.2 Å². The third-order valence-corrected chi connectivity index (χ3v) is 5.19. The van der Waals surface area contributed by atoms with Crippen molar-refractivity contribution in [3.63, 3.8) is 0 Å². The van der Waals surface area contributed by atoms with Crippen LogP contribution in [0.3, 0.4) is 0 Å². The fourth-order valence-electron chi connectivity index (χ4n) is 2.80. The molecule has 0 atom stereocenters. The van der Waals surface area contributed by atoms with Crippen LogP contribution in [0.25, 0.3) is 10.2 Å². The van der Waals surface area contributed by atoms with Crippen LogP contribution in [0.4, 0.5) is 5.13 Å². The number of ether oxygens (including phenoxy) is 1. The van der Waals surface area contributed by atoms with Gasteiger partial charge < -0.3 is 9.64 Å². The van der Waals surface area contributed by atoms with Gasteiger partial charge >= 0.3 is 0 Å². The molecular formula is C20H24N3O2S+. The van der Waals surface area contributed by atoms with Gasteiger partial charge in [-0.1, -0.05) is 35.6 Å². The molecule has 6 heteroatoms. The molecule has 5 nitrogen and oxygen atoms in total. The van der Waals surface area contributed by atoms with Gasteiger partial charge in [-0.15, -0.1) is 0 Å². The number of anilines is 1. The second-order valence-electron chi connectivity index (χ2n) is 6.44. The van der Waals surface area contributed by atoms with Gasteiger partial charge in [-0.3, -0.25) is 9.69 Å². The highest BCUT2D eigenvalue weighted by atomic mass is 32.1. The molecule has 0 spiro atoms. The van der Waals surface area contributed by atoms with Crippen LogP contribution in [0.5, 0.6) is 5.75 Å². The van der Waals surface area contributed by atoms with Crippen LogP contribution >= 0.6 is 11.3 Å². The average molecular weight is 370 g/mol. The normalized spacial score (nSPS) is 11.1. The topological polar surface area (TPSA) is 46.9 Å². The number of quaternary nitrogens is 1. The zero-order chi connectivity index (χ0) is 18.5. The molecule has 26 heavy (non-hydrogen) atoms. The van der Waals surface area contributed by atoms with Crippen molar-refractivity contribution in [3.8, 4) is 5.75 Å². The van der Waals surface area contributed by atoms with Crippen molar-refractivity contribution in [2.45, 2.75) is 6.42 Å². The predicted octanol–water partition coefficient (Wildman–Crippen LogP) is 2.49. The first kappa shape index (κ1) is 18.4. The summed E-state index contributed by atoms with van der Waals surface area (Å²) in [7, 11) is 5.87. The van der Waals surface area contributed by atoms with E-state index in [9.17, 15) is 4.79 Å². The Balaban J connectivity index is 1.95. The molecule has 1 heterocycles. The minimum atomic E-state index is -0.0163. The lowest BCUT2D eigenvalue weighted by atomic mass is 10.2. The average Bonchev–Trinajstić information content (AvgIpc) is 3.09. The van der Waals surface area contributed by atoms with Gasteiger partial charge in [0.05, 0.1) is 32.4 Å². The molecular weight excluding hydrogens is 346 g/mol. The van der Waals surface area contributed by atoms with Gasteiger partial charge in [0.15, 0.2) is 5.13 Å². The second-order valence-corrected chi connectivity index (χ2v) is 7.45. The Morgan fingerprint density at radius 3 is 2.62 bits per heavy atom. The van der Waals surface area contributed by atoms with Crippen LogP contribution in [0.15, 0.2) is 48.5 Å². The number of fused-ring (bicyclic) bond motifs is 1. The number of carbonyl (C=O) groups excluding carboxylic acids is 1. The minimum absolute atomic E-state index is 0.0163. The molecule has 0 fully saturated rings. The van der Waals surface area contributed by atoms with Crippen LogP contribution in [-0.2, 0) is 0 Å². The Morgan fingerprint density at radius 1 is 1.15 bits per heavy atom. The lowest BCUT2D eigenvalue weighted by molar-refractivity contribution is -0.858. The Labute approximate surface area is 157 Å². The molecule has 0 saturated carbocycles. The quantitative estimate of drug-likeness (QED) is 0.695. The summed E-state index contributed by atoms with van der Waals surface area (Å²) in [6.07, 6.45) is 0.911. The number of aromatic nitrogens is 1. The number of nitrogens with one attached hydrogen (secondary N) is 1. The van der Waals surface area contributed by atoms with Crippen molar-refractivity contribution in [1.29, 1.82) is 0 Å². The highest BCUT2D eigenvalue weighted by molar-refractivity contribution is 7.22. The third-order valence-electron chi connectivity index (χ3n) is 4.15. The predicted molar refractivity (Wildman–Crippen MR) is 107 cm³/mol. The smallest absolute Gasteiger partial charge is 0.260 e. The standard InChI is InChI=1S/C20H23N3O2S/c1-22(2)13-8-14-23(19(24)15-9-5-4-6-10-15)20-21-18-16(25-3)11-7-12-17(18)26-20/h4-7,9-12H,8,13-14H2,1-3H3/p+1. The highest BCUT2D eigenvalue weighted by Gasteiger charge is 2.22. The molecule has 0 aliphatic heterocycles. The lowest BCUT2D eigenvalue weighted by Crippen LogP contribution is -3.05. The van der Waals surface area contributed by atoms with E-state index in [2.05, 4.69) is 14.1 Å². The number of methoxy groups -OCH3 is 1. The molecule has 0 aliphatic carbocycles. The largest absolute Gasteiger partial charge is 0.494 e. The fourth-order valence-corrected chi connectivity index (χ4v) is 3.81. The Bertz CT molecular complexity index is 877. The zero-order valence-electron chi connectivity index (χ0n) is 15.4. The SMILES string of the molecule is COc1cccc2sc(N(CCC[NH+](C)C)C(=O)c3ccccc3)nc12. The summed E-state index contributed by atoms with van der Waals surface area (Å²) < 4.78 is 6.43. The van der Waals surface area contributed by atoms with Gasteiger partial charge in [0, 0.05) is 18.5 Å². The summed E-state index contributed by atoms with van der Waals surface area (Å²) in [5.41, 5.74) is 1.48. The summed E-state index contributed by atoms with van der Waals surface area (Å²) >= 11 is 1.52. The number of nitrogens with zero attached hydrogens (tertiary/aromatic N) is 2. The van der Waals surface area contributed by atoms with E-state index in [0.717, 1.165) is 28.9 Å². The maximum Gasteiger partial charge on any atom is 0.260 e. The molecule has 2 aromatic carbocycles. The molecule has 1 amide bonds. The Morgan fingerprint density at radius 2 is 1.92 bits per heavy atom. The molecule has 3 aromatic rings. The van der Waals surface area contributed by atoms with Crippen molar-refractivity contribution < 1.29 is 14.4 Å². The first-order valence-corrected chi connectivity index (χ1v) is 9.51. The number of thiazole rings is 1. The van der Waals surface area contributed by atoms with Crippen molar-refractivity contribution >= 4 is 32.6 Å². The van der Waals surface area contributed by atoms with Crippen LogP contribution in [0, 0.1) is 0 Å². The van der Waals surface area contributed by atoms with E-state index < -0.39 is 0 Å². The van der Waals surface area contributed by atoms with Gasteiger partial charge in [-0.2, -0.15) is 0 Å². The summed E-state index contributed by atoms with van der Waals surface area (Å²) in [4.78, 5) is 21.0. The monoisotopic (exact) mass is 370 g/mol. The van der Waals surface area contributed by atoms with E-state index in [1.807, 2.05) is 48.5 Å². The number of hydrogen-bond acceptors (Lipinski definition) is 4. The van der Waals surface area contributed by atoms with Gasteiger partial charge in [0.2, 0.25) is 0 Å². The maximum absolute atomic E-state index is 13.1.